The van der Waals surface area contributed by atoms with E-state index in [1.54, 1.807) is 0 Å². The van der Waals surface area contributed by atoms with E-state index in [0.29, 0.717) is 0 Å². The Balaban J connectivity index is 4.44. The van der Waals surface area contributed by atoms with Crippen LogP contribution in [0.4, 0.5) is 0 Å². The number of carboxylic acid groups (broad SMARTS) is 3. The van der Waals surface area contributed by atoms with Gasteiger partial charge >= 0.3 is 17.9 Å². The maximum absolute atomic E-state index is 11.2. The topological polar surface area (TPSA) is 167 Å². The van der Waals surface area contributed by atoms with Crippen LogP contribution < -0.4 is 11.1 Å². The number of nitrogens with two attached hydrogens (primary N) is 1. The molecule has 0 aromatic rings. The summed E-state index contributed by atoms with van der Waals surface area (Å²) in [6.45, 7) is 0. The summed E-state index contributed by atoms with van der Waals surface area (Å²) in [5.74, 6) is -5.30. The normalized spacial score (nSPS) is 13.5. The Hall–Kier alpha value is -2.16. The van der Waals surface area contributed by atoms with Gasteiger partial charge in [-0.05, 0) is 0 Å². The summed E-state index contributed by atoms with van der Waals surface area (Å²) in [7, 11) is 0. The summed E-state index contributed by atoms with van der Waals surface area (Å²) < 4.78 is 0. The Bertz CT molecular complexity index is 341. The first-order valence-electron chi connectivity index (χ1n) is 4.46. The Labute approximate surface area is 95.2 Å². The quantitative estimate of drug-likeness (QED) is 0.339. The number of carbonyl (C=O) groups is 4. The summed E-state index contributed by atoms with van der Waals surface area (Å²) in [4.78, 5) is 42.3. The number of carboxylic acids is 3. The minimum absolute atomic E-state index is 0.675. The van der Waals surface area contributed by atoms with Crippen molar-refractivity contribution in [2.45, 2.75) is 24.9 Å². The fourth-order valence-corrected chi connectivity index (χ4v) is 0.934. The van der Waals surface area contributed by atoms with E-state index >= 15 is 0 Å². The van der Waals surface area contributed by atoms with Gasteiger partial charge < -0.3 is 26.4 Å². The predicted octanol–water partition coefficient (Wildman–Crippen LogP) is -2.17. The van der Waals surface area contributed by atoms with Crippen LogP contribution in [0.3, 0.4) is 0 Å². The van der Waals surface area contributed by atoms with E-state index in [1.807, 2.05) is 5.32 Å². The Morgan fingerprint density at radius 1 is 1.00 bits per heavy atom. The minimum Gasteiger partial charge on any atom is -0.481 e. The highest BCUT2D eigenvalue weighted by atomic mass is 16.4. The molecule has 0 heterocycles. The van der Waals surface area contributed by atoms with Gasteiger partial charge in [0.25, 0.3) is 0 Å². The molecule has 9 heteroatoms. The summed E-state index contributed by atoms with van der Waals surface area (Å²) in [6, 6.07) is -3.07. The molecule has 0 aliphatic carbocycles. The molecule has 0 aromatic carbocycles. The van der Waals surface area contributed by atoms with Crippen molar-refractivity contribution in [3.05, 3.63) is 0 Å². The average Bonchev–Trinajstić information content (AvgIpc) is 2.14. The van der Waals surface area contributed by atoms with Crippen molar-refractivity contribution < 1.29 is 34.5 Å². The van der Waals surface area contributed by atoms with E-state index in [9.17, 15) is 19.2 Å². The second kappa shape index (κ2) is 6.43. The van der Waals surface area contributed by atoms with Crippen molar-refractivity contribution in [1.82, 2.24) is 5.32 Å². The van der Waals surface area contributed by atoms with Gasteiger partial charge in [0.2, 0.25) is 5.91 Å². The van der Waals surface area contributed by atoms with Crippen LogP contribution in [-0.4, -0.2) is 51.2 Å². The first-order valence-corrected chi connectivity index (χ1v) is 4.46. The monoisotopic (exact) mass is 248 g/mol. The minimum atomic E-state index is -1.64. The number of rotatable bonds is 7. The summed E-state index contributed by atoms with van der Waals surface area (Å²) in [5.41, 5.74) is 5.16. The zero-order valence-corrected chi connectivity index (χ0v) is 8.62. The van der Waals surface area contributed by atoms with Gasteiger partial charge in [0, 0.05) is 0 Å². The molecule has 0 fully saturated rings. The first-order chi connectivity index (χ1) is 7.73. The lowest BCUT2D eigenvalue weighted by molar-refractivity contribution is -0.147. The molecule has 9 nitrogen and oxygen atoms in total. The Kier molecular flexibility index (Phi) is 5.61. The molecule has 0 saturated heterocycles. The standard InChI is InChI=1S/C8H12N2O7/c9-3(1-5(11)12)7(15)10-4(8(16)17)2-6(13)14/h3-4H,1-2,9H2,(H,10,15)(H,11,12)(H,13,14)(H,16,17)/t3-,4+/m0/s1. The van der Waals surface area contributed by atoms with Crippen molar-refractivity contribution in [3.8, 4) is 0 Å². The molecule has 6 N–H and O–H groups in total. The van der Waals surface area contributed by atoms with Crippen molar-refractivity contribution in [1.29, 1.82) is 0 Å². The van der Waals surface area contributed by atoms with Gasteiger partial charge in [-0.2, -0.15) is 0 Å². The SMILES string of the molecule is N[C@@H](CC(=O)O)C(=O)N[C@H](CC(=O)O)C(=O)O. The van der Waals surface area contributed by atoms with Gasteiger partial charge in [0.15, 0.2) is 0 Å². The largest absolute Gasteiger partial charge is 0.481 e. The lowest BCUT2D eigenvalue weighted by Gasteiger charge is -2.15. The summed E-state index contributed by atoms with van der Waals surface area (Å²) in [5, 5.41) is 27.2. The molecule has 0 saturated carbocycles. The molecule has 17 heavy (non-hydrogen) atoms. The Morgan fingerprint density at radius 3 is 1.82 bits per heavy atom. The van der Waals surface area contributed by atoms with Crippen molar-refractivity contribution in [2.75, 3.05) is 0 Å². The highest BCUT2D eigenvalue weighted by molar-refractivity contribution is 5.90. The zero-order valence-electron chi connectivity index (χ0n) is 8.62. The molecule has 0 rings (SSSR count). The van der Waals surface area contributed by atoms with Crippen molar-refractivity contribution in [3.63, 3.8) is 0 Å². The molecule has 0 unspecified atom stereocenters. The lowest BCUT2D eigenvalue weighted by atomic mass is 10.1. The molecule has 0 aliphatic heterocycles. The van der Waals surface area contributed by atoms with E-state index < -0.39 is 48.7 Å². The number of amides is 1. The smallest absolute Gasteiger partial charge is 0.326 e. The maximum Gasteiger partial charge on any atom is 0.326 e. The van der Waals surface area contributed by atoms with Crippen LogP contribution in [0.25, 0.3) is 0 Å². The molecule has 0 aromatic heterocycles. The average molecular weight is 248 g/mol. The maximum atomic E-state index is 11.2. The van der Waals surface area contributed by atoms with Crippen LogP contribution >= 0.6 is 0 Å². The highest BCUT2D eigenvalue weighted by Gasteiger charge is 2.26. The lowest BCUT2D eigenvalue weighted by Crippen LogP contribution is -2.49. The molecular weight excluding hydrogens is 236 g/mol. The number of carbonyl (C=O) groups excluding carboxylic acids is 1. The number of hydrogen-bond acceptors (Lipinski definition) is 5. The predicted molar refractivity (Wildman–Crippen MR) is 52.0 cm³/mol. The van der Waals surface area contributed by atoms with E-state index in [-0.39, 0.29) is 0 Å². The van der Waals surface area contributed by atoms with Gasteiger partial charge in [-0.1, -0.05) is 0 Å². The van der Waals surface area contributed by atoms with Crippen molar-refractivity contribution >= 4 is 23.8 Å². The van der Waals surface area contributed by atoms with E-state index in [4.69, 9.17) is 21.1 Å². The Morgan fingerprint density at radius 2 is 1.47 bits per heavy atom. The van der Waals surface area contributed by atoms with Gasteiger partial charge in [-0.25, -0.2) is 4.79 Å². The molecule has 1 amide bonds. The second-order valence-electron chi connectivity index (χ2n) is 3.20. The van der Waals surface area contributed by atoms with E-state index in [0.717, 1.165) is 0 Å². The zero-order chi connectivity index (χ0) is 13.6. The first kappa shape index (κ1) is 14.8. The molecule has 0 bridgehead atoms. The van der Waals surface area contributed by atoms with Crippen LogP contribution in [0.15, 0.2) is 0 Å². The van der Waals surface area contributed by atoms with Crippen molar-refractivity contribution in [2.24, 2.45) is 5.73 Å². The third kappa shape index (κ3) is 6.10. The van der Waals surface area contributed by atoms with Crippen LogP contribution in [0.2, 0.25) is 0 Å². The van der Waals surface area contributed by atoms with E-state index in [1.165, 1.54) is 0 Å². The fourth-order valence-electron chi connectivity index (χ4n) is 0.934. The van der Waals surface area contributed by atoms with Gasteiger partial charge in [0.1, 0.15) is 6.04 Å². The van der Waals surface area contributed by atoms with Gasteiger partial charge in [-0.15, -0.1) is 0 Å². The third-order valence-electron chi connectivity index (χ3n) is 1.72. The number of hydrogen-bond donors (Lipinski definition) is 5. The highest BCUT2D eigenvalue weighted by Crippen LogP contribution is 1.96. The number of aliphatic carboxylic acids is 3. The molecular formula is C8H12N2O7. The van der Waals surface area contributed by atoms with Crippen LogP contribution in [0.1, 0.15) is 12.8 Å². The number of nitrogens with one attached hydrogen (secondary N) is 1. The molecule has 0 radical (unpaired) electrons. The van der Waals surface area contributed by atoms with E-state index in [2.05, 4.69) is 0 Å². The molecule has 0 aliphatic rings. The van der Waals surface area contributed by atoms with Crippen LogP contribution in [0, 0.1) is 0 Å². The van der Waals surface area contributed by atoms with Crippen LogP contribution in [-0.2, 0) is 19.2 Å². The third-order valence-corrected chi connectivity index (χ3v) is 1.72. The molecule has 0 spiro atoms. The molecule has 96 valence electrons. The van der Waals surface area contributed by atoms with Crippen LogP contribution in [0.5, 0.6) is 0 Å². The fraction of sp³-hybridized carbons (Fsp3) is 0.500. The second-order valence-corrected chi connectivity index (χ2v) is 3.20. The summed E-state index contributed by atoms with van der Waals surface area (Å²) in [6.07, 6.45) is -1.49. The molecule has 2 atom stereocenters. The van der Waals surface area contributed by atoms with Gasteiger partial charge in [-0.3, -0.25) is 14.4 Å². The van der Waals surface area contributed by atoms with Gasteiger partial charge in [0.05, 0.1) is 18.9 Å². The summed E-state index contributed by atoms with van der Waals surface area (Å²) >= 11 is 0.